The molecule has 7 heteroatoms. The molecule has 0 saturated carbocycles. The topological polar surface area (TPSA) is 80.8 Å². The number of nitrogens with one attached hydrogen (secondary N) is 1. The fourth-order valence-electron chi connectivity index (χ4n) is 3.80. The van der Waals surface area contributed by atoms with Crippen LogP contribution in [0.1, 0.15) is 19.3 Å². The zero-order valence-electron chi connectivity index (χ0n) is 14.6. The van der Waals surface area contributed by atoms with E-state index in [0.29, 0.717) is 45.1 Å². The Bertz CT molecular complexity index is 602. The predicted octanol–water partition coefficient (Wildman–Crippen LogP) is 1.31. The van der Waals surface area contributed by atoms with Gasteiger partial charge in [-0.05, 0) is 25.0 Å². The Balaban J connectivity index is 1.74. The molecule has 1 aromatic heterocycles. The first kappa shape index (κ1) is 17.8. The lowest BCUT2D eigenvalue weighted by molar-refractivity contribution is -0.131. The zero-order valence-corrected chi connectivity index (χ0v) is 14.6. The summed E-state index contributed by atoms with van der Waals surface area (Å²) in [6.07, 6.45) is 3.58. The maximum Gasteiger partial charge on any atom is 0.231 e. The third-order valence-corrected chi connectivity index (χ3v) is 5.24. The van der Waals surface area contributed by atoms with Gasteiger partial charge in [0.05, 0.1) is 18.9 Å². The largest absolute Gasteiger partial charge is 0.384 e. The van der Waals surface area contributed by atoms with E-state index in [-0.39, 0.29) is 23.1 Å². The summed E-state index contributed by atoms with van der Waals surface area (Å²) in [7, 11) is 1.58. The molecule has 3 heterocycles. The van der Waals surface area contributed by atoms with E-state index < -0.39 is 0 Å². The van der Waals surface area contributed by atoms with Gasteiger partial charge in [-0.2, -0.15) is 0 Å². The third-order valence-electron chi connectivity index (χ3n) is 5.24. The molecule has 0 radical (unpaired) electrons. The lowest BCUT2D eigenvalue weighted by Crippen LogP contribution is -2.42. The molecule has 2 aliphatic rings. The third kappa shape index (κ3) is 3.99. The number of carbonyl (C=O) groups is 2. The molecule has 25 heavy (non-hydrogen) atoms. The van der Waals surface area contributed by atoms with Crippen molar-refractivity contribution in [3.63, 3.8) is 0 Å². The number of pyridine rings is 1. The molecule has 2 aliphatic heterocycles. The molecule has 7 nitrogen and oxygen atoms in total. The van der Waals surface area contributed by atoms with Gasteiger partial charge in [0, 0.05) is 45.0 Å². The van der Waals surface area contributed by atoms with Gasteiger partial charge in [-0.3, -0.25) is 9.59 Å². The number of nitrogens with zero attached hydrogens (tertiary/aromatic N) is 2. The molecule has 1 unspecified atom stereocenters. The summed E-state index contributed by atoms with van der Waals surface area (Å²) in [5.41, 5.74) is -0.208. The van der Waals surface area contributed by atoms with Crippen molar-refractivity contribution in [2.24, 2.45) is 11.3 Å². The van der Waals surface area contributed by atoms with Gasteiger partial charge in [-0.15, -0.1) is 0 Å². The molecular formula is C18H25N3O4. The fourth-order valence-corrected chi connectivity index (χ4v) is 3.80. The van der Waals surface area contributed by atoms with E-state index in [2.05, 4.69) is 10.3 Å². The minimum Gasteiger partial charge on any atom is -0.384 e. The molecule has 1 aromatic rings. The van der Waals surface area contributed by atoms with Gasteiger partial charge in [-0.1, -0.05) is 6.07 Å². The SMILES string of the molecule is COCCC(=O)N1CC(C(=O)Nc2ccccn2)C2(CCOCC2)C1. The maximum atomic E-state index is 12.9. The van der Waals surface area contributed by atoms with E-state index in [0.717, 1.165) is 12.8 Å². The maximum absolute atomic E-state index is 12.9. The lowest BCUT2D eigenvalue weighted by atomic mass is 9.72. The molecule has 2 amide bonds. The number of hydrogen-bond donors (Lipinski definition) is 1. The molecule has 136 valence electrons. The number of anilines is 1. The number of rotatable bonds is 5. The van der Waals surface area contributed by atoms with Crippen LogP contribution in [-0.2, 0) is 19.1 Å². The predicted molar refractivity (Wildman–Crippen MR) is 91.9 cm³/mol. The highest BCUT2D eigenvalue weighted by molar-refractivity contribution is 5.93. The normalized spacial score (nSPS) is 22.1. The van der Waals surface area contributed by atoms with Crippen LogP contribution in [0.4, 0.5) is 5.82 Å². The Morgan fingerprint density at radius 3 is 2.88 bits per heavy atom. The lowest BCUT2D eigenvalue weighted by Gasteiger charge is -2.37. The summed E-state index contributed by atoms with van der Waals surface area (Å²) in [5.74, 6) is 0.271. The minimum absolute atomic E-state index is 0.0425. The first-order valence-corrected chi connectivity index (χ1v) is 8.71. The van der Waals surface area contributed by atoms with Crippen molar-refractivity contribution in [2.45, 2.75) is 19.3 Å². The van der Waals surface area contributed by atoms with Crippen molar-refractivity contribution in [1.82, 2.24) is 9.88 Å². The van der Waals surface area contributed by atoms with Crippen LogP contribution in [0.2, 0.25) is 0 Å². The van der Waals surface area contributed by atoms with E-state index >= 15 is 0 Å². The van der Waals surface area contributed by atoms with Crippen LogP contribution >= 0.6 is 0 Å². The molecule has 2 saturated heterocycles. The van der Waals surface area contributed by atoms with Crippen molar-refractivity contribution in [2.75, 3.05) is 45.3 Å². The number of methoxy groups -OCH3 is 1. The summed E-state index contributed by atoms with van der Waals surface area (Å²) < 4.78 is 10.5. The fraction of sp³-hybridized carbons (Fsp3) is 0.611. The standard InChI is InChI=1S/C18H25N3O4/c1-24-9-5-16(22)21-12-14(18(13-21)6-10-25-11-7-18)17(23)20-15-4-2-3-8-19-15/h2-4,8,14H,5-7,9-13H2,1H3,(H,19,20,23). The van der Waals surface area contributed by atoms with Gasteiger partial charge in [0.15, 0.2) is 0 Å². The van der Waals surface area contributed by atoms with Crippen LogP contribution in [0.3, 0.4) is 0 Å². The quantitative estimate of drug-likeness (QED) is 0.869. The van der Waals surface area contributed by atoms with Gasteiger partial charge < -0.3 is 19.7 Å². The van der Waals surface area contributed by atoms with Gasteiger partial charge in [0.1, 0.15) is 5.82 Å². The monoisotopic (exact) mass is 347 g/mol. The average Bonchev–Trinajstić information content (AvgIpc) is 3.00. The second-order valence-electron chi connectivity index (χ2n) is 6.75. The first-order chi connectivity index (χ1) is 12.1. The summed E-state index contributed by atoms with van der Waals surface area (Å²) in [4.78, 5) is 31.3. The Morgan fingerprint density at radius 1 is 1.40 bits per heavy atom. The number of carbonyl (C=O) groups excluding carboxylic acids is 2. The highest BCUT2D eigenvalue weighted by Gasteiger charge is 2.51. The van der Waals surface area contributed by atoms with E-state index in [1.807, 2.05) is 11.0 Å². The number of hydrogen-bond acceptors (Lipinski definition) is 5. The van der Waals surface area contributed by atoms with Crippen LogP contribution in [0.25, 0.3) is 0 Å². The van der Waals surface area contributed by atoms with Crippen LogP contribution in [-0.4, -0.2) is 61.7 Å². The highest BCUT2D eigenvalue weighted by atomic mass is 16.5. The second kappa shape index (κ2) is 7.93. The minimum atomic E-state index is -0.245. The molecule has 2 fully saturated rings. The van der Waals surface area contributed by atoms with Crippen molar-refractivity contribution >= 4 is 17.6 Å². The van der Waals surface area contributed by atoms with Crippen LogP contribution in [0.15, 0.2) is 24.4 Å². The van der Waals surface area contributed by atoms with Crippen molar-refractivity contribution in [3.8, 4) is 0 Å². The van der Waals surface area contributed by atoms with Crippen molar-refractivity contribution in [3.05, 3.63) is 24.4 Å². The second-order valence-corrected chi connectivity index (χ2v) is 6.75. The number of ether oxygens (including phenoxy) is 2. The van der Waals surface area contributed by atoms with Crippen LogP contribution in [0.5, 0.6) is 0 Å². The van der Waals surface area contributed by atoms with Gasteiger partial charge in [-0.25, -0.2) is 4.98 Å². The Hall–Kier alpha value is -1.99. The molecule has 0 aliphatic carbocycles. The number of aromatic nitrogens is 1. The van der Waals surface area contributed by atoms with Gasteiger partial charge in [0.25, 0.3) is 0 Å². The molecule has 0 bridgehead atoms. The molecule has 1 atom stereocenters. The number of amides is 2. The summed E-state index contributed by atoms with van der Waals surface area (Å²) in [6.45, 7) is 2.72. The number of likely N-dealkylation sites (tertiary alicyclic amines) is 1. The molecule has 0 aromatic carbocycles. The van der Waals surface area contributed by atoms with Gasteiger partial charge >= 0.3 is 0 Å². The summed E-state index contributed by atoms with van der Waals surface area (Å²) >= 11 is 0. The van der Waals surface area contributed by atoms with E-state index in [9.17, 15) is 9.59 Å². The molecular weight excluding hydrogens is 322 g/mol. The Labute approximate surface area is 147 Å². The van der Waals surface area contributed by atoms with Gasteiger partial charge in [0.2, 0.25) is 11.8 Å². The van der Waals surface area contributed by atoms with E-state index in [1.54, 1.807) is 25.4 Å². The van der Waals surface area contributed by atoms with Crippen molar-refractivity contribution in [1.29, 1.82) is 0 Å². The Kier molecular flexibility index (Phi) is 5.65. The molecule has 1 N–H and O–H groups in total. The molecule has 3 rings (SSSR count). The smallest absolute Gasteiger partial charge is 0.231 e. The zero-order chi connectivity index (χ0) is 17.7. The average molecular weight is 347 g/mol. The van der Waals surface area contributed by atoms with E-state index in [1.165, 1.54) is 0 Å². The van der Waals surface area contributed by atoms with Crippen molar-refractivity contribution < 1.29 is 19.1 Å². The highest BCUT2D eigenvalue weighted by Crippen LogP contribution is 2.44. The molecule has 1 spiro atoms. The van der Waals surface area contributed by atoms with E-state index in [4.69, 9.17) is 9.47 Å². The van der Waals surface area contributed by atoms with Crippen LogP contribution in [0, 0.1) is 11.3 Å². The van der Waals surface area contributed by atoms with Crippen LogP contribution < -0.4 is 5.32 Å². The first-order valence-electron chi connectivity index (χ1n) is 8.71. The Morgan fingerprint density at radius 2 is 2.20 bits per heavy atom. The summed E-state index contributed by atoms with van der Waals surface area (Å²) in [6, 6.07) is 5.41. The summed E-state index contributed by atoms with van der Waals surface area (Å²) in [5, 5.41) is 2.90.